The zero-order valence-electron chi connectivity index (χ0n) is 17.9. The molecule has 0 radical (unpaired) electrons. The van der Waals surface area contributed by atoms with Gasteiger partial charge in [0.05, 0.1) is 29.4 Å². The van der Waals surface area contributed by atoms with E-state index < -0.39 is 30.0 Å². The van der Waals surface area contributed by atoms with Crippen molar-refractivity contribution in [3.63, 3.8) is 0 Å². The van der Waals surface area contributed by atoms with Gasteiger partial charge in [-0.1, -0.05) is 0 Å². The molecule has 0 unspecified atom stereocenters. The molecule has 0 aliphatic heterocycles. The quantitative estimate of drug-likeness (QED) is 0.324. The summed E-state index contributed by atoms with van der Waals surface area (Å²) >= 11 is 0. The fourth-order valence-corrected chi connectivity index (χ4v) is 4.02. The van der Waals surface area contributed by atoms with Crippen LogP contribution in [0.15, 0.2) is 45.7 Å². The van der Waals surface area contributed by atoms with E-state index in [1.165, 1.54) is 18.2 Å². The number of aromatic nitrogens is 1. The maximum atomic E-state index is 12.7. The highest BCUT2D eigenvalue weighted by Gasteiger charge is 2.21. The predicted octanol–water partition coefficient (Wildman–Crippen LogP) is 1.32. The van der Waals surface area contributed by atoms with Crippen molar-refractivity contribution in [2.45, 2.75) is 32.7 Å². The number of phenols is 2. The van der Waals surface area contributed by atoms with Crippen molar-refractivity contribution in [3.8, 4) is 11.5 Å². The smallest absolute Gasteiger partial charge is 0.340 e. The summed E-state index contributed by atoms with van der Waals surface area (Å²) in [6.45, 7) is 3.33. The van der Waals surface area contributed by atoms with Crippen LogP contribution < -0.4 is 16.0 Å². The van der Waals surface area contributed by atoms with Crippen LogP contribution in [0.3, 0.4) is 0 Å². The Morgan fingerprint density at radius 2 is 1.94 bits per heavy atom. The van der Waals surface area contributed by atoms with E-state index in [-0.39, 0.29) is 29.1 Å². The number of carboxylic acid groups (broad SMARTS) is 1. The third kappa shape index (κ3) is 4.25. The predicted molar refractivity (Wildman–Crippen MR) is 118 cm³/mol. The van der Waals surface area contributed by atoms with E-state index in [1.807, 2.05) is 0 Å². The normalized spacial score (nSPS) is 12.2. The molecule has 4 N–H and O–H groups in total. The van der Waals surface area contributed by atoms with Crippen molar-refractivity contribution in [2.75, 3.05) is 0 Å². The fourth-order valence-electron chi connectivity index (χ4n) is 4.02. The topological polar surface area (TPSA) is 156 Å². The number of aromatic hydroxyl groups is 2. The Kier molecular flexibility index (Phi) is 5.55. The number of amides is 1. The molecule has 0 spiro atoms. The summed E-state index contributed by atoms with van der Waals surface area (Å²) in [5, 5.41) is 35.0. The molecular formula is C24H21N2O7-. The minimum atomic E-state index is -1.49. The molecule has 0 aliphatic rings. The lowest BCUT2D eigenvalue weighted by Crippen LogP contribution is -2.49. The van der Waals surface area contributed by atoms with Crippen molar-refractivity contribution < 1.29 is 29.3 Å². The van der Waals surface area contributed by atoms with Gasteiger partial charge in [0.15, 0.2) is 0 Å². The maximum absolute atomic E-state index is 12.7. The van der Waals surface area contributed by atoms with Crippen LogP contribution in [0.2, 0.25) is 0 Å². The molecule has 1 atom stereocenters. The van der Waals surface area contributed by atoms with Crippen LogP contribution in [-0.4, -0.2) is 33.1 Å². The number of nitrogens with one attached hydrogen (secondary N) is 2. The molecule has 170 valence electrons. The maximum Gasteiger partial charge on any atom is 0.340 e. The number of benzene rings is 2. The van der Waals surface area contributed by atoms with Crippen LogP contribution in [0.4, 0.5) is 0 Å². The van der Waals surface area contributed by atoms with Gasteiger partial charge in [-0.2, -0.15) is 0 Å². The number of aromatic amines is 1. The molecule has 9 nitrogen and oxygen atoms in total. The molecular weight excluding hydrogens is 428 g/mol. The van der Waals surface area contributed by atoms with Crippen molar-refractivity contribution in [1.82, 2.24) is 10.3 Å². The van der Waals surface area contributed by atoms with E-state index in [9.17, 15) is 29.7 Å². The summed E-state index contributed by atoms with van der Waals surface area (Å²) in [7, 11) is 0. The first-order chi connectivity index (χ1) is 15.6. The van der Waals surface area contributed by atoms with E-state index in [0.717, 1.165) is 0 Å². The average Bonchev–Trinajstić information content (AvgIpc) is 3.11. The number of H-pyrrole nitrogens is 1. The van der Waals surface area contributed by atoms with Gasteiger partial charge < -0.3 is 34.8 Å². The van der Waals surface area contributed by atoms with Gasteiger partial charge in [0, 0.05) is 23.5 Å². The molecule has 0 fully saturated rings. The second kappa shape index (κ2) is 8.34. The standard InChI is InChI=1S/C24H22N2O7/c1-11-5-19(28)22-12(2)15(24(32)33-20(22)6-11)9-21(29)26-18(23(30)31)7-13-10-25-17-4-3-14(27)8-16(13)17/h3-6,8,10,18,25,27-28H,7,9H2,1-2H3,(H,26,29)(H,30,31)/p-1/t18-/m0/s1. The van der Waals surface area contributed by atoms with Crippen LogP contribution in [0, 0.1) is 13.8 Å². The van der Waals surface area contributed by atoms with Crippen molar-refractivity contribution in [2.24, 2.45) is 0 Å². The van der Waals surface area contributed by atoms with Crippen LogP contribution in [-0.2, 0) is 22.4 Å². The highest BCUT2D eigenvalue weighted by atomic mass is 16.4. The Balaban J connectivity index is 1.59. The number of rotatable bonds is 6. The third-order valence-corrected chi connectivity index (χ3v) is 5.63. The lowest BCUT2D eigenvalue weighted by atomic mass is 10.0. The zero-order valence-corrected chi connectivity index (χ0v) is 17.9. The largest absolute Gasteiger partial charge is 0.548 e. The Bertz CT molecular complexity index is 1470. The van der Waals surface area contributed by atoms with E-state index in [0.29, 0.717) is 33.0 Å². The Labute approximate surface area is 187 Å². The summed E-state index contributed by atoms with van der Waals surface area (Å²) in [6, 6.07) is 6.40. The van der Waals surface area contributed by atoms with Crippen LogP contribution in [0.25, 0.3) is 21.9 Å². The lowest BCUT2D eigenvalue weighted by Gasteiger charge is -2.20. The summed E-state index contributed by atoms with van der Waals surface area (Å²) in [6.07, 6.45) is 1.07. The first kappa shape index (κ1) is 21.9. The number of carbonyl (C=O) groups excluding carboxylic acids is 2. The highest BCUT2D eigenvalue weighted by Crippen LogP contribution is 2.30. The average molecular weight is 449 g/mol. The van der Waals surface area contributed by atoms with Gasteiger partial charge in [0.1, 0.15) is 17.1 Å². The molecule has 9 heteroatoms. The Morgan fingerprint density at radius 3 is 2.67 bits per heavy atom. The minimum Gasteiger partial charge on any atom is -0.548 e. The van der Waals surface area contributed by atoms with Crippen molar-refractivity contribution in [3.05, 3.63) is 69.2 Å². The van der Waals surface area contributed by atoms with Gasteiger partial charge >= 0.3 is 5.63 Å². The van der Waals surface area contributed by atoms with Crippen LogP contribution in [0.1, 0.15) is 22.3 Å². The Hall–Kier alpha value is -4.27. The van der Waals surface area contributed by atoms with Gasteiger partial charge in [0.2, 0.25) is 5.91 Å². The zero-order chi connectivity index (χ0) is 23.9. The second-order valence-electron chi connectivity index (χ2n) is 8.01. The molecule has 1 amide bonds. The number of carbonyl (C=O) groups is 2. The number of aliphatic carboxylic acids is 1. The van der Waals surface area contributed by atoms with Crippen LogP contribution >= 0.6 is 0 Å². The van der Waals surface area contributed by atoms with Gasteiger partial charge in [0.25, 0.3) is 0 Å². The van der Waals surface area contributed by atoms with Gasteiger partial charge in [-0.15, -0.1) is 0 Å². The summed E-state index contributed by atoms with van der Waals surface area (Å²) < 4.78 is 5.28. The van der Waals surface area contributed by atoms with Crippen molar-refractivity contribution >= 4 is 33.7 Å². The second-order valence-corrected chi connectivity index (χ2v) is 8.01. The molecule has 4 rings (SSSR count). The minimum absolute atomic E-state index is 0.0215. The van der Waals surface area contributed by atoms with Gasteiger partial charge in [-0.3, -0.25) is 4.79 Å². The SMILES string of the molecule is Cc1cc(O)c2c(C)c(CC(=O)N[C@@H](Cc3c[nH]c4ccc(O)cc34)C(=O)[O-])c(=O)oc2c1. The molecule has 0 saturated carbocycles. The molecule has 2 heterocycles. The number of phenolic OH excluding ortho intramolecular Hbond substituents is 2. The van der Waals surface area contributed by atoms with E-state index in [1.54, 1.807) is 32.2 Å². The third-order valence-electron chi connectivity index (χ3n) is 5.63. The van der Waals surface area contributed by atoms with Gasteiger partial charge in [-0.25, -0.2) is 4.79 Å². The summed E-state index contributed by atoms with van der Waals surface area (Å²) in [5.74, 6) is -2.26. The van der Waals surface area contributed by atoms with Crippen LogP contribution in [0.5, 0.6) is 11.5 Å². The molecule has 2 aromatic heterocycles. The fraction of sp³-hybridized carbons (Fsp3) is 0.208. The first-order valence-electron chi connectivity index (χ1n) is 10.2. The molecule has 4 aromatic rings. The highest BCUT2D eigenvalue weighted by molar-refractivity contribution is 5.90. The van der Waals surface area contributed by atoms with E-state index in [4.69, 9.17) is 4.42 Å². The number of hydrogen-bond acceptors (Lipinski definition) is 7. The van der Waals surface area contributed by atoms with Gasteiger partial charge in [-0.05, 0) is 60.9 Å². The number of fused-ring (bicyclic) bond motifs is 2. The summed E-state index contributed by atoms with van der Waals surface area (Å²) in [5.41, 5.74) is 1.84. The number of carboxylic acids is 1. The number of hydrogen-bond donors (Lipinski definition) is 4. The monoisotopic (exact) mass is 449 g/mol. The van der Waals surface area contributed by atoms with E-state index in [2.05, 4.69) is 10.3 Å². The summed E-state index contributed by atoms with van der Waals surface area (Å²) in [4.78, 5) is 39.8. The Morgan fingerprint density at radius 1 is 1.18 bits per heavy atom. The van der Waals surface area contributed by atoms with E-state index >= 15 is 0 Å². The first-order valence-corrected chi connectivity index (χ1v) is 10.2. The van der Waals surface area contributed by atoms with Crippen molar-refractivity contribution in [1.29, 1.82) is 0 Å². The molecule has 33 heavy (non-hydrogen) atoms. The molecule has 0 bridgehead atoms. The molecule has 0 saturated heterocycles. The number of aryl methyl sites for hydroxylation is 2. The molecule has 2 aromatic carbocycles. The lowest BCUT2D eigenvalue weighted by molar-refractivity contribution is -0.308. The molecule has 0 aliphatic carbocycles.